The van der Waals surface area contributed by atoms with Gasteiger partial charge in [0.2, 0.25) is 5.91 Å². The number of methoxy groups -OCH3 is 1. The largest absolute Gasteiger partial charge is 0.383 e. The summed E-state index contributed by atoms with van der Waals surface area (Å²) in [4.78, 5) is 11.4. The van der Waals surface area contributed by atoms with Crippen molar-refractivity contribution in [3.63, 3.8) is 0 Å². The van der Waals surface area contributed by atoms with Gasteiger partial charge < -0.3 is 14.6 Å². The summed E-state index contributed by atoms with van der Waals surface area (Å²) < 4.78 is 6.73. The van der Waals surface area contributed by atoms with E-state index in [9.17, 15) is 4.79 Å². The second kappa shape index (κ2) is 7.24. The van der Waals surface area contributed by atoms with E-state index < -0.39 is 0 Å². The van der Waals surface area contributed by atoms with E-state index in [0.717, 1.165) is 11.7 Å². The number of hydrogen-bond donors (Lipinski definition) is 1. The second-order valence-corrected chi connectivity index (χ2v) is 3.97. The summed E-state index contributed by atoms with van der Waals surface area (Å²) in [6, 6.07) is 0. The molecule has 0 saturated carbocycles. The average Bonchev–Trinajstić information content (AvgIpc) is 2.74. The molecule has 1 heterocycles. The Hall–Kier alpha value is -1.08. The van der Waals surface area contributed by atoms with E-state index in [4.69, 9.17) is 4.74 Å². The zero-order valence-corrected chi connectivity index (χ0v) is 10.3. The summed E-state index contributed by atoms with van der Waals surface area (Å²) in [6.07, 6.45) is 1.66. The summed E-state index contributed by atoms with van der Waals surface area (Å²) in [7, 11) is 1.60. The van der Waals surface area contributed by atoms with Crippen LogP contribution < -0.4 is 5.32 Å². The smallest absolute Gasteiger partial charge is 0.230 e. The number of nitrogens with one attached hydrogen (secondary N) is 1. The third kappa shape index (κ3) is 4.19. The first-order valence-electron chi connectivity index (χ1n) is 5.04. The van der Waals surface area contributed by atoms with Gasteiger partial charge in [-0.1, -0.05) is 11.8 Å². The SMILES string of the molecule is CCn1cnnc1SCC(=O)NCCOC. The zero-order chi connectivity index (χ0) is 11.8. The lowest BCUT2D eigenvalue weighted by Gasteiger charge is -2.04. The first-order valence-corrected chi connectivity index (χ1v) is 6.02. The quantitative estimate of drug-likeness (QED) is 0.546. The molecule has 90 valence electrons. The van der Waals surface area contributed by atoms with Gasteiger partial charge in [-0.3, -0.25) is 4.79 Å². The summed E-state index contributed by atoms with van der Waals surface area (Å²) in [5.41, 5.74) is 0. The fraction of sp³-hybridized carbons (Fsp3) is 0.667. The van der Waals surface area contributed by atoms with E-state index in [0.29, 0.717) is 18.9 Å². The van der Waals surface area contributed by atoms with Crippen molar-refractivity contribution in [3.05, 3.63) is 6.33 Å². The van der Waals surface area contributed by atoms with Crippen LogP contribution in [0, 0.1) is 0 Å². The lowest BCUT2D eigenvalue weighted by molar-refractivity contribution is -0.118. The van der Waals surface area contributed by atoms with E-state index in [2.05, 4.69) is 15.5 Å². The van der Waals surface area contributed by atoms with Gasteiger partial charge in [-0.2, -0.15) is 0 Å². The molecule has 0 bridgehead atoms. The number of thioether (sulfide) groups is 1. The van der Waals surface area contributed by atoms with E-state index in [1.165, 1.54) is 11.8 Å². The molecule has 0 aliphatic carbocycles. The number of nitrogens with zero attached hydrogens (tertiary/aromatic N) is 3. The highest BCUT2D eigenvalue weighted by atomic mass is 32.2. The van der Waals surface area contributed by atoms with Crippen molar-refractivity contribution in [2.75, 3.05) is 26.0 Å². The molecule has 0 atom stereocenters. The average molecular weight is 244 g/mol. The number of ether oxygens (including phenoxy) is 1. The molecule has 0 spiro atoms. The van der Waals surface area contributed by atoms with Crippen LogP contribution in [-0.4, -0.2) is 46.7 Å². The number of amides is 1. The molecule has 1 aromatic heterocycles. The molecule has 0 radical (unpaired) electrons. The molecular weight excluding hydrogens is 228 g/mol. The molecule has 1 N–H and O–H groups in total. The van der Waals surface area contributed by atoms with Crippen LogP contribution in [0.2, 0.25) is 0 Å². The number of aryl methyl sites for hydroxylation is 1. The topological polar surface area (TPSA) is 69.0 Å². The van der Waals surface area contributed by atoms with Gasteiger partial charge in [0, 0.05) is 20.2 Å². The van der Waals surface area contributed by atoms with Crippen LogP contribution in [0.15, 0.2) is 11.5 Å². The van der Waals surface area contributed by atoms with E-state index >= 15 is 0 Å². The van der Waals surface area contributed by atoms with Crippen LogP contribution in [0.4, 0.5) is 0 Å². The molecule has 1 amide bonds. The highest BCUT2D eigenvalue weighted by Gasteiger charge is 2.06. The lowest BCUT2D eigenvalue weighted by atomic mass is 10.6. The van der Waals surface area contributed by atoms with Gasteiger partial charge in [0.25, 0.3) is 0 Å². The Morgan fingerprint density at radius 2 is 2.50 bits per heavy atom. The molecule has 16 heavy (non-hydrogen) atoms. The summed E-state index contributed by atoms with van der Waals surface area (Å²) in [5.74, 6) is 0.329. The van der Waals surface area contributed by atoms with Gasteiger partial charge in [-0.15, -0.1) is 10.2 Å². The third-order valence-electron chi connectivity index (χ3n) is 1.88. The highest BCUT2D eigenvalue weighted by Crippen LogP contribution is 2.13. The minimum Gasteiger partial charge on any atom is -0.383 e. The predicted molar refractivity (Wildman–Crippen MR) is 61.3 cm³/mol. The minimum absolute atomic E-state index is 0.0206. The second-order valence-electron chi connectivity index (χ2n) is 3.03. The van der Waals surface area contributed by atoms with Crippen molar-refractivity contribution in [1.29, 1.82) is 0 Å². The Labute approximate surface area is 98.8 Å². The van der Waals surface area contributed by atoms with Crippen molar-refractivity contribution in [3.8, 4) is 0 Å². The molecule has 0 saturated heterocycles. The molecule has 0 aliphatic rings. The van der Waals surface area contributed by atoms with Crippen molar-refractivity contribution in [1.82, 2.24) is 20.1 Å². The van der Waals surface area contributed by atoms with Crippen molar-refractivity contribution in [2.45, 2.75) is 18.6 Å². The van der Waals surface area contributed by atoms with Crippen molar-refractivity contribution < 1.29 is 9.53 Å². The summed E-state index contributed by atoms with van der Waals surface area (Å²) >= 11 is 1.38. The van der Waals surface area contributed by atoms with Crippen LogP contribution in [0.1, 0.15) is 6.92 Å². The van der Waals surface area contributed by atoms with Gasteiger partial charge in [-0.05, 0) is 6.92 Å². The number of rotatable bonds is 7. The van der Waals surface area contributed by atoms with E-state index in [1.807, 2.05) is 11.5 Å². The van der Waals surface area contributed by atoms with Gasteiger partial charge in [0.05, 0.1) is 12.4 Å². The molecule has 6 nitrogen and oxygen atoms in total. The monoisotopic (exact) mass is 244 g/mol. The fourth-order valence-corrected chi connectivity index (χ4v) is 1.86. The standard InChI is InChI=1S/C9H16N4O2S/c1-3-13-7-11-12-9(13)16-6-8(14)10-4-5-15-2/h7H,3-6H2,1-2H3,(H,10,14). The number of aromatic nitrogens is 3. The van der Waals surface area contributed by atoms with Crippen LogP contribution in [0.3, 0.4) is 0 Å². The van der Waals surface area contributed by atoms with Crippen LogP contribution in [-0.2, 0) is 16.1 Å². The summed E-state index contributed by atoms with van der Waals surface area (Å²) in [5, 5.41) is 11.2. The molecule has 0 aliphatic heterocycles. The fourth-order valence-electron chi connectivity index (χ4n) is 1.05. The molecule has 1 aromatic rings. The zero-order valence-electron chi connectivity index (χ0n) is 9.47. The molecule has 0 fully saturated rings. The Kier molecular flexibility index (Phi) is 5.87. The maximum atomic E-state index is 11.4. The maximum absolute atomic E-state index is 11.4. The molecule has 7 heteroatoms. The Balaban J connectivity index is 2.26. The molecule has 0 aromatic carbocycles. The van der Waals surface area contributed by atoms with Gasteiger partial charge in [-0.25, -0.2) is 0 Å². The Morgan fingerprint density at radius 3 is 3.19 bits per heavy atom. The third-order valence-corrected chi connectivity index (χ3v) is 2.86. The number of carbonyl (C=O) groups is 1. The lowest BCUT2D eigenvalue weighted by Crippen LogP contribution is -2.28. The van der Waals surface area contributed by atoms with Gasteiger partial charge in [0.15, 0.2) is 5.16 Å². The molecule has 1 rings (SSSR count). The normalized spacial score (nSPS) is 10.4. The van der Waals surface area contributed by atoms with Crippen LogP contribution >= 0.6 is 11.8 Å². The molecular formula is C9H16N4O2S. The van der Waals surface area contributed by atoms with E-state index in [-0.39, 0.29) is 5.91 Å². The first-order chi connectivity index (χ1) is 7.77. The van der Waals surface area contributed by atoms with Gasteiger partial charge >= 0.3 is 0 Å². The first kappa shape index (κ1) is 13.0. The minimum atomic E-state index is -0.0206. The van der Waals surface area contributed by atoms with Crippen LogP contribution in [0.5, 0.6) is 0 Å². The predicted octanol–water partition coefficient (Wildman–Crippen LogP) is 0.153. The highest BCUT2D eigenvalue weighted by molar-refractivity contribution is 7.99. The Bertz CT molecular complexity index is 329. The van der Waals surface area contributed by atoms with E-state index in [1.54, 1.807) is 13.4 Å². The summed E-state index contributed by atoms with van der Waals surface area (Å²) in [6.45, 7) is 3.88. The number of hydrogen-bond acceptors (Lipinski definition) is 5. The van der Waals surface area contributed by atoms with Crippen molar-refractivity contribution >= 4 is 17.7 Å². The number of carbonyl (C=O) groups excluding carboxylic acids is 1. The van der Waals surface area contributed by atoms with Crippen molar-refractivity contribution in [2.24, 2.45) is 0 Å². The van der Waals surface area contributed by atoms with Crippen LogP contribution in [0.25, 0.3) is 0 Å². The molecule has 0 unspecified atom stereocenters. The maximum Gasteiger partial charge on any atom is 0.230 e. The van der Waals surface area contributed by atoms with Gasteiger partial charge in [0.1, 0.15) is 6.33 Å². The Morgan fingerprint density at radius 1 is 1.69 bits per heavy atom.